The molecule has 0 spiro atoms. The van der Waals surface area contributed by atoms with Crippen LogP contribution < -0.4 is 10.2 Å². The van der Waals surface area contributed by atoms with E-state index in [1.54, 1.807) is 37.5 Å². The molecule has 8 nitrogen and oxygen atoms in total. The standard InChI is InChI=1S/C29H27F2N5O3/c1-4-24(37)23-10-16(2)20(15-32-23)19-11-17-14-33-25(35-27(38)21-13-29(21,30)31)12-22(17)34-26(19)28(39)36(3)18-8-6-5-7-9-18/h5-12,14-15,21,24,37H,4,13H2,1-3H3,(H,33,35,38)/t21-,24+/m1/s1. The van der Waals surface area contributed by atoms with Crippen molar-refractivity contribution in [2.75, 3.05) is 17.3 Å². The summed E-state index contributed by atoms with van der Waals surface area (Å²) in [6.07, 6.45) is 2.41. The van der Waals surface area contributed by atoms with E-state index in [4.69, 9.17) is 0 Å². The summed E-state index contributed by atoms with van der Waals surface area (Å²) < 4.78 is 26.7. The molecule has 2 atom stereocenters. The van der Waals surface area contributed by atoms with Crippen LogP contribution in [0.2, 0.25) is 0 Å². The van der Waals surface area contributed by atoms with E-state index in [1.807, 2.05) is 32.0 Å². The van der Waals surface area contributed by atoms with Crippen LogP contribution in [0.25, 0.3) is 22.0 Å². The second-order valence-electron chi connectivity index (χ2n) is 9.70. The van der Waals surface area contributed by atoms with Crippen molar-refractivity contribution in [1.82, 2.24) is 15.0 Å². The summed E-state index contributed by atoms with van der Waals surface area (Å²) in [4.78, 5) is 40.7. The van der Waals surface area contributed by atoms with Crippen LogP contribution in [0.5, 0.6) is 0 Å². The second kappa shape index (κ2) is 10.1. The number of carbonyl (C=O) groups excluding carboxylic acids is 2. The van der Waals surface area contributed by atoms with Gasteiger partial charge in [0.1, 0.15) is 17.4 Å². The fourth-order valence-corrected chi connectivity index (χ4v) is 4.39. The zero-order chi connectivity index (χ0) is 27.9. The molecular weight excluding hydrogens is 504 g/mol. The van der Waals surface area contributed by atoms with Crippen molar-refractivity contribution < 1.29 is 23.5 Å². The number of nitrogens with zero attached hydrogens (tertiary/aromatic N) is 4. The molecule has 2 N–H and O–H groups in total. The lowest BCUT2D eigenvalue weighted by Crippen LogP contribution is -2.27. The minimum atomic E-state index is -3.00. The first kappa shape index (κ1) is 26.3. The number of para-hydroxylation sites is 1. The van der Waals surface area contributed by atoms with Crippen molar-refractivity contribution in [2.45, 2.75) is 38.7 Å². The predicted octanol–water partition coefficient (Wildman–Crippen LogP) is 5.31. The van der Waals surface area contributed by atoms with Crippen LogP contribution in [0, 0.1) is 12.8 Å². The highest BCUT2D eigenvalue weighted by atomic mass is 19.3. The lowest BCUT2D eigenvalue weighted by atomic mass is 9.97. The van der Waals surface area contributed by atoms with E-state index in [9.17, 15) is 23.5 Å². The summed E-state index contributed by atoms with van der Waals surface area (Å²) in [7, 11) is 1.65. The van der Waals surface area contributed by atoms with Crippen molar-refractivity contribution in [1.29, 1.82) is 0 Å². The number of hydrogen-bond donors (Lipinski definition) is 2. The molecule has 0 saturated heterocycles. The molecule has 3 aromatic heterocycles. The molecule has 39 heavy (non-hydrogen) atoms. The van der Waals surface area contributed by atoms with Crippen molar-refractivity contribution in [3.05, 3.63) is 77.9 Å². The zero-order valence-electron chi connectivity index (χ0n) is 21.7. The molecule has 0 unspecified atom stereocenters. The van der Waals surface area contributed by atoms with Crippen molar-refractivity contribution in [3.8, 4) is 11.1 Å². The molecule has 10 heteroatoms. The maximum atomic E-state index is 13.8. The summed E-state index contributed by atoms with van der Waals surface area (Å²) >= 11 is 0. The molecule has 1 aliphatic rings. The fraction of sp³-hybridized carbons (Fsp3) is 0.276. The topological polar surface area (TPSA) is 108 Å². The van der Waals surface area contributed by atoms with E-state index in [2.05, 4.69) is 20.3 Å². The molecule has 0 radical (unpaired) electrons. The Morgan fingerprint density at radius 2 is 1.85 bits per heavy atom. The number of fused-ring (bicyclic) bond motifs is 1. The van der Waals surface area contributed by atoms with Gasteiger partial charge in [-0.05, 0) is 43.2 Å². The van der Waals surface area contributed by atoms with Crippen LogP contribution in [0.4, 0.5) is 20.3 Å². The maximum Gasteiger partial charge on any atom is 0.277 e. The minimum Gasteiger partial charge on any atom is -0.387 e. The molecule has 1 fully saturated rings. The number of aliphatic hydroxyl groups excluding tert-OH is 1. The van der Waals surface area contributed by atoms with Gasteiger partial charge in [0.2, 0.25) is 5.91 Å². The SMILES string of the molecule is CC[C@H](O)c1cc(C)c(-c2cc3cnc(NC(=O)[C@H]4CC4(F)F)cc3nc2C(=O)N(C)c2ccccc2)cn1. The highest BCUT2D eigenvalue weighted by molar-refractivity contribution is 6.10. The third-order valence-corrected chi connectivity index (χ3v) is 6.89. The minimum absolute atomic E-state index is 0.0704. The number of anilines is 2. The van der Waals surface area contributed by atoms with Crippen LogP contribution in [0.3, 0.4) is 0 Å². The molecule has 0 bridgehead atoms. The van der Waals surface area contributed by atoms with Gasteiger partial charge < -0.3 is 15.3 Å². The molecule has 1 aliphatic carbocycles. The Kier molecular flexibility index (Phi) is 6.82. The lowest BCUT2D eigenvalue weighted by molar-refractivity contribution is -0.119. The largest absolute Gasteiger partial charge is 0.387 e. The van der Waals surface area contributed by atoms with Crippen molar-refractivity contribution in [3.63, 3.8) is 0 Å². The number of rotatable bonds is 7. The van der Waals surface area contributed by atoms with Gasteiger partial charge in [-0.3, -0.25) is 14.6 Å². The highest BCUT2D eigenvalue weighted by Crippen LogP contribution is 2.49. The van der Waals surface area contributed by atoms with Gasteiger partial charge in [-0.15, -0.1) is 0 Å². The number of amides is 2. The van der Waals surface area contributed by atoms with E-state index in [1.165, 1.54) is 17.2 Å². The Morgan fingerprint density at radius 3 is 2.49 bits per heavy atom. The number of benzene rings is 1. The Labute approximate surface area is 223 Å². The monoisotopic (exact) mass is 531 g/mol. The van der Waals surface area contributed by atoms with Crippen molar-refractivity contribution >= 4 is 34.2 Å². The number of aliphatic hydroxyl groups is 1. The van der Waals surface area contributed by atoms with Gasteiger partial charge in [-0.25, -0.2) is 18.7 Å². The maximum absolute atomic E-state index is 13.8. The number of nitrogens with one attached hydrogen (secondary N) is 1. The molecular formula is C29H27F2N5O3. The molecule has 2 amide bonds. The van der Waals surface area contributed by atoms with E-state index in [0.717, 1.165) is 5.56 Å². The third-order valence-electron chi connectivity index (χ3n) is 6.89. The van der Waals surface area contributed by atoms with Gasteiger partial charge in [-0.2, -0.15) is 0 Å². The summed E-state index contributed by atoms with van der Waals surface area (Å²) in [5.41, 5.74) is 3.68. The summed E-state index contributed by atoms with van der Waals surface area (Å²) in [5.74, 6) is -5.48. The summed E-state index contributed by atoms with van der Waals surface area (Å²) in [6, 6.07) is 14.1. The average molecular weight is 532 g/mol. The normalized spacial score (nSPS) is 16.5. The van der Waals surface area contributed by atoms with E-state index >= 15 is 0 Å². The molecule has 4 aromatic rings. The molecule has 0 aliphatic heterocycles. The molecule has 1 saturated carbocycles. The number of halogens is 2. The van der Waals surface area contributed by atoms with Crippen LogP contribution in [0.1, 0.15) is 47.6 Å². The summed E-state index contributed by atoms with van der Waals surface area (Å²) in [6.45, 7) is 3.73. The quantitative estimate of drug-likeness (QED) is 0.335. The van der Waals surface area contributed by atoms with Crippen LogP contribution in [-0.2, 0) is 4.79 Å². The molecule has 5 rings (SSSR count). The van der Waals surface area contributed by atoms with Gasteiger partial charge in [0.15, 0.2) is 0 Å². The Balaban J connectivity index is 1.59. The van der Waals surface area contributed by atoms with Crippen LogP contribution in [0.15, 0.2) is 60.9 Å². The van der Waals surface area contributed by atoms with E-state index in [0.29, 0.717) is 39.8 Å². The predicted molar refractivity (Wildman–Crippen MR) is 144 cm³/mol. The van der Waals surface area contributed by atoms with E-state index in [-0.39, 0.29) is 17.4 Å². The Morgan fingerprint density at radius 1 is 1.13 bits per heavy atom. The Hall–Kier alpha value is -4.31. The summed E-state index contributed by atoms with van der Waals surface area (Å²) in [5, 5.41) is 13.2. The van der Waals surface area contributed by atoms with Gasteiger partial charge >= 0.3 is 0 Å². The molecule has 3 heterocycles. The van der Waals surface area contributed by atoms with Gasteiger partial charge in [0.05, 0.1) is 17.3 Å². The average Bonchev–Trinajstić information content (AvgIpc) is 3.59. The number of carbonyl (C=O) groups is 2. The van der Waals surface area contributed by atoms with Gasteiger partial charge in [0.25, 0.3) is 11.8 Å². The third kappa shape index (κ3) is 5.20. The first-order valence-electron chi connectivity index (χ1n) is 12.6. The van der Waals surface area contributed by atoms with Gasteiger partial charge in [-0.1, -0.05) is 25.1 Å². The first-order chi connectivity index (χ1) is 18.6. The van der Waals surface area contributed by atoms with Gasteiger partial charge in [0, 0.05) is 54.1 Å². The smallest absolute Gasteiger partial charge is 0.277 e. The number of pyridine rings is 3. The van der Waals surface area contributed by atoms with Crippen LogP contribution in [-0.4, -0.2) is 44.8 Å². The number of aryl methyl sites for hydroxylation is 1. The fourth-order valence-electron chi connectivity index (χ4n) is 4.39. The molecule has 200 valence electrons. The number of aromatic nitrogens is 3. The highest BCUT2D eigenvalue weighted by Gasteiger charge is 2.61. The number of hydrogen-bond acceptors (Lipinski definition) is 6. The first-order valence-corrected chi connectivity index (χ1v) is 12.6. The molecule has 1 aromatic carbocycles. The number of alkyl halides is 2. The van der Waals surface area contributed by atoms with E-state index < -0.39 is 30.3 Å². The second-order valence-corrected chi connectivity index (χ2v) is 9.70. The van der Waals surface area contributed by atoms with Crippen molar-refractivity contribution in [2.24, 2.45) is 5.92 Å². The lowest BCUT2D eigenvalue weighted by Gasteiger charge is -2.20. The zero-order valence-corrected chi connectivity index (χ0v) is 21.7. The Bertz CT molecular complexity index is 1580. The van der Waals surface area contributed by atoms with Crippen LogP contribution >= 0.6 is 0 Å².